The molecule has 1 saturated heterocycles. The molecule has 0 spiro atoms. The van der Waals surface area contributed by atoms with Crippen LogP contribution in [0.3, 0.4) is 0 Å². The quantitative estimate of drug-likeness (QED) is 0.452. The largest absolute Gasteiger partial charge is 0.401 e. The Kier molecular flexibility index (Phi) is 1.68. The van der Waals surface area contributed by atoms with Crippen LogP contribution < -0.4 is 5.48 Å². The summed E-state index contributed by atoms with van der Waals surface area (Å²) in [5, 5.41) is 8.08. The smallest absolute Gasteiger partial charge is 0.314 e. The lowest BCUT2D eigenvalue weighted by Gasteiger charge is -1.97. The first-order valence-corrected chi connectivity index (χ1v) is 3.44. The Morgan fingerprint density at radius 1 is 1.67 bits per heavy atom. The van der Waals surface area contributed by atoms with Gasteiger partial charge in [0.15, 0.2) is 6.23 Å². The first-order chi connectivity index (χ1) is 4.14. The topological polar surface area (TPSA) is 84.9 Å². The fourth-order valence-electron chi connectivity index (χ4n) is 0.402. The predicted octanol–water partition coefficient (Wildman–Crippen LogP) is -1.42. The molecular weight excluding hydrogens is 150 g/mol. The van der Waals surface area contributed by atoms with Crippen molar-refractivity contribution in [3.05, 3.63) is 0 Å². The van der Waals surface area contributed by atoms with Crippen LogP contribution in [-0.4, -0.2) is 26.5 Å². The fourth-order valence-corrected chi connectivity index (χ4v) is 1.13. The van der Waals surface area contributed by atoms with Gasteiger partial charge in [0, 0.05) is 0 Å². The fraction of sp³-hybridized carbons (Fsp3) is 1.00. The van der Waals surface area contributed by atoms with E-state index >= 15 is 0 Å². The summed E-state index contributed by atoms with van der Waals surface area (Å²) in [6.07, 6.45) is -0.963. The monoisotopic (exact) mass is 155 g/mol. The maximum atomic E-state index is 10.2. The first kappa shape index (κ1) is 6.90. The van der Waals surface area contributed by atoms with Gasteiger partial charge in [0.25, 0.3) is 0 Å². The maximum absolute atomic E-state index is 10.2. The normalized spacial score (nSPS) is 32.8. The van der Waals surface area contributed by atoms with Crippen LogP contribution in [0.25, 0.3) is 0 Å². The Bertz CT molecular complexity index is 185. The Morgan fingerprint density at radius 2 is 2.33 bits per heavy atom. The van der Waals surface area contributed by atoms with E-state index in [1.807, 2.05) is 0 Å². The molecule has 0 aromatic carbocycles. The van der Waals surface area contributed by atoms with E-state index < -0.39 is 16.6 Å². The summed E-state index contributed by atoms with van der Waals surface area (Å²) in [5.74, 6) is 0. The van der Waals surface area contributed by atoms with Crippen LogP contribution in [0.15, 0.2) is 0 Å². The minimum Gasteiger partial charge on any atom is -0.314 e. The predicted molar refractivity (Wildman–Crippen MR) is 24.7 cm³/mol. The molecule has 0 bridgehead atoms. The van der Waals surface area contributed by atoms with Crippen molar-refractivity contribution < 1.29 is 22.0 Å². The van der Waals surface area contributed by atoms with Gasteiger partial charge in [-0.15, -0.1) is 0 Å². The summed E-state index contributed by atoms with van der Waals surface area (Å²) in [7, 11) is -3.83. The van der Waals surface area contributed by atoms with Gasteiger partial charge in [-0.2, -0.15) is 13.9 Å². The van der Waals surface area contributed by atoms with E-state index in [1.165, 1.54) is 0 Å². The molecule has 2 N–H and O–H groups in total. The summed E-state index contributed by atoms with van der Waals surface area (Å²) >= 11 is 0. The van der Waals surface area contributed by atoms with E-state index in [0.717, 1.165) is 0 Å². The van der Waals surface area contributed by atoms with Crippen LogP contribution in [0.2, 0.25) is 0 Å². The molecule has 0 amide bonds. The average Bonchev–Trinajstić information content (AvgIpc) is 2.10. The first-order valence-electron chi connectivity index (χ1n) is 2.11. The molecular formula is C2H5NO5S. The lowest BCUT2D eigenvalue weighted by molar-refractivity contribution is 0.0323. The van der Waals surface area contributed by atoms with E-state index in [9.17, 15) is 8.42 Å². The summed E-state index contributed by atoms with van der Waals surface area (Å²) in [6.45, 7) is -0.196. The second-order valence-corrected chi connectivity index (χ2v) is 2.65. The zero-order chi connectivity index (χ0) is 6.91. The van der Waals surface area contributed by atoms with Gasteiger partial charge >= 0.3 is 10.4 Å². The highest BCUT2D eigenvalue weighted by Crippen LogP contribution is 2.08. The molecule has 54 valence electrons. The van der Waals surface area contributed by atoms with Gasteiger partial charge in [0.05, 0.1) is 0 Å². The van der Waals surface area contributed by atoms with Gasteiger partial charge < -0.3 is 5.21 Å². The second kappa shape index (κ2) is 2.20. The standard InChI is InChI=1S/C2H5NO5S/c4-3-2-1-7-9(5,6)8-2/h2-4H,1H2. The lowest BCUT2D eigenvalue weighted by atomic mass is 10.7. The Labute approximate surface area is 51.7 Å². The molecule has 1 atom stereocenters. The molecule has 1 heterocycles. The van der Waals surface area contributed by atoms with Crippen LogP contribution in [0.5, 0.6) is 0 Å². The molecule has 1 aliphatic heterocycles. The van der Waals surface area contributed by atoms with Crippen LogP contribution >= 0.6 is 0 Å². The van der Waals surface area contributed by atoms with Gasteiger partial charge in [0.2, 0.25) is 0 Å². The van der Waals surface area contributed by atoms with E-state index in [-0.39, 0.29) is 6.61 Å². The number of nitrogens with one attached hydrogen (secondary N) is 1. The Hall–Kier alpha value is -0.210. The molecule has 1 rings (SSSR count). The molecule has 7 heteroatoms. The molecule has 0 saturated carbocycles. The summed E-state index contributed by atoms with van der Waals surface area (Å²) < 4.78 is 28.6. The van der Waals surface area contributed by atoms with Crippen molar-refractivity contribution in [1.29, 1.82) is 0 Å². The van der Waals surface area contributed by atoms with Crippen LogP contribution in [-0.2, 0) is 18.8 Å². The molecule has 0 radical (unpaired) electrons. The third-order valence-corrected chi connectivity index (χ3v) is 1.63. The van der Waals surface area contributed by atoms with Crippen LogP contribution in [0.4, 0.5) is 0 Å². The molecule has 0 aromatic heterocycles. The maximum Gasteiger partial charge on any atom is 0.401 e. The van der Waals surface area contributed by atoms with Gasteiger partial charge in [-0.25, -0.2) is 8.37 Å². The van der Waals surface area contributed by atoms with E-state index in [1.54, 1.807) is 5.48 Å². The third-order valence-electron chi connectivity index (χ3n) is 0.742. The highest BCUT2D eigenvalue weighted by molar-refractivity contribution is 7.82. The summed E-state index contributed by atoms with van der Waals surface area (Å²) in [4.78, 5) is 0. The highest BCUT2D eigenvalue weighted by atomic mass is 32.3. The molecule has 0 aromatic rings. The second-order valence-electron chi connectivity index (χ2n) is 1.41. The molecule has 9 heavy (non-hydrogen) atoms. The number of rotatable bonds is 1. The Morgan fingerprint density at radius 3 is 2.56 bits per heavy atom. The zero-order valence-corrected chi connectivity index (χ0v) is 5.09. The van der Waals surface area contributed by atoms with Crippen LogP contribution in [0.1, 0.15) is 0 Å². The lowest BCUT2D eigenvalue weighted by Crippen LogP contribution is -2.27. The van der Waals surface area contributed by atoms with Gasteiger partial charge in [-0.3, -0.25) is 0 Å². The molecule has 0 aliphatic carbocycles. The minimum atomic E-state index is -3.83. The van der Waals surface area contributed by atoms with Gasteiger partial charge in [0.1, 0.15) is 6.61 Å². The highest BCUT2D eigenvalue weighted by Gasteiger charge is 2.29. The van der Waals surface area contributed by atoms with Gasteiger partial charge in [-0.05, 0) is 0 Å². The summed E-state index contributed by atoms with van der Waals surface area (Å²) in [6, 6.07) is 0. The number of hydrogen-bond donors (Lipinski definition) is 2. The zero-order valence-electron chi connectivity index (χ0n) is 4.27. The van der Waals surface area contributed by atoms with Crippen LogP contribution in [0, 0.1) is 0 Å². The number of hydrogen-bond acceptors (Lipinski definition) is 6. The summed E-state index contributed by atoms with van der Waals surface area (Å²) in [5.41, 5.74) is 1.59. The number of hydroxylamine groups is 1. The van der Waals surface area contributed by atoms with E-state index in [4.69, 9.17) is 5.21 Å². The van der Waals surface area contributed by atoms with E-state index in [0.29, 0.717) is 0 Å². The van der Waals surface area contributed by atoms with E-state index in [2.05, 4.69) is 8.37 Å². The van der Waals surface area contributed by atoms with Gasteiger partial charge in [-0.1, -0.05) is 0 Å². The van der Waals surface area contributed by atoms with Crippen molar-refractivity contribution in [2.45, 2.75) is 6.23 Å². The minimum absolute atomic E-state index is 0.196. The molecule has 1 fully saturated rings. The SMILES string of the molecule is O=S1(=O)OCC(NO)O1. The Balaban J connectivity index is 2.58. The average molecular weight is 155 g/mol. The van der Waals surface area contributed by atoms with Crippen molar-refractivity contribution in [3.63, 3.8) is 0 Å². The van der Waals surface area contributed by atoms with Crippen molar-refractivity contribution in [2.24, 2.45) is 0 Å². The molecule has 1 aliphatic rings. The van der Waals surface area contributed by atoms with Crippen molar-refractivity contribution in [3.8, 4) is 0 Å². The van der Waals surface area contributed by atoms with Crippen molar-refractivity contribution in [1.82, 2.24) is 5.48 Å². The molecule has 6 nitrogen and oxygen atoms in total. The molecule has 1 unspecified atom stereocenters. The van der Waals surface area contributed by atoms with Crippen molar-refractivity contribution in [2.75, 3.05) is 6.61 Å². The van der Waals surface area contributed by atoms with Crippen molar-refractivity contribution >= 4 is 10.4 Å². The third kappa shape index (κ3) is 1.60.